The zero-order chi connectivity index (χ0) is 10.2. The molecule has 1 aromatic rings. The monoisotopic (exact) mass is 189 g/mol. The van der Waals surface area contributed by atoms with E-state index in [1.165, 1.54) is 0 Å². The van der Waals surface area contributed by atoms with E-state index in [9.17, 15) is 4.79 Å². The zero-order valence-electron chi connectivity index (χ0n) is 7.72. The summed E-state index contributed by atoms with van der Waals surface area (Å²) in [5, 5.41) is 0. The van der Waals surface area contributed by atoms with Gasteiger partial charge in [0.1, 0.15) is 6.61 Å². The van der Waals surface area contributed by atoms with Crippen LogP contribution in [0.4, 0.5) is 4.79 Å². The molecule has 0 aliphatic rings. The van der Waals surface area contributed by atoms with E-state index in [4.69, 9.17) is 0 Å². The molecule has 0 aliphatic heterocycles. The third-order valence-corrected chi connectivity index (χ3v) is 1.54. The van der Waals surface area contributed by atoms with E-state index >= 15 is 0 Å². The molecule has 0 fully saturated rings. The van der Waals surface area contributed by atoms with Crippen molar-refractivity contribution in [2.24, 2.45) is 4.99 Å². The van der Waals surface area contributed by atoms with Gasteiger partial charge in [0, 0.05) is 0 Å². The number of carbonyl (C=O) groups is 1. The van der Waals surface area contributed by atoms with Gasteiger partial charge in [-0.3, -0.25) is 0 Å². The molecule has 0 radical (unpaired) electrons. The molecule has 0 saturated heterocycles. The maximum Gasteiger partial charge on any atom is 0.433 e. The summed E-state index contributed by atoms with van der Waals surface area (Å²) >= 11 is 0. The maximum atomic E-state index is 10.5. The van der Waals surface area contributed by atoms with E-state index in [-0.39, 0.29) is 6.61 Å². The quantitative estimate of drug-likeness (QED) is 0.685. The number of carbonyl (C=O) groups excluding carboxylic acids is 1. The normalized spacial score (nSPS) is 10.0. The van der Waals surface area contributed by atoms with Crippen LogP contribution in [0.2, 0.25) is 0 Å². The van der Waals surface area contributed by atoms with Crippen molar-refractivity contribution in [1.82, 2.24) is 0 Å². The highest BCUT2D eigenvalue weighted by atomic mass is 16.5. The molecule has 0 saturated carbocycles. The Morgan fingerprint density at radius 1 is 1.43 bits per heavy atom. The van der Waals surface area contributed by atoms with Gasteiger partial charge in [-0.1, -0.05) is 36.4 Å². The Morgan fingerprint density at radius 3 is 2.79 bits per heavy atom. The smallest absolute Gasteiger partial charge is 0.433 e. The molecule has 14 heavy (non-hydrogen) atoms. The topological polar surface area (TPSA) is 38.7 Å². The van der Waals surface area contributed by atoms with Crippen molar-refractivity contribution in [1.29, 1.82) is 0 Å². The predicted octanol–water partition coefficient (Wildman–Crippen LogP) is 2.54. The second-order valence-corrected chi connectivity index (χ2v) is 2.55. The molecule has 0 heterocycles. The Labute approximate surface area is 82.7 Å². The lowest BCUT2D eigenvalue weighted by atomic mass is 10.2. The van der Waals surface area contributed by atoms with Crippen LogP contribution in [-0.4, -0.2) is 19.4 Å². The van der Waals surface area contributed by atoms with Crippen LogP contribution in [0.1, 0.15) is 5.56 Å². The number of benzene rings is 1. The first-order valence-electron chi connectivity index (χ1n) is 4.18. The lowest BCUT2D eigenvalue weighted by Crippen LogP contribution is -1.96. The average Bonchev–Trinajstić information content (AvgIpc) is 2.25. The zero-order valence-corrected chi connectivity index (χ0v) is 7.72. The Kier molecular flexibility index (Phi) is 4.14. The van der Waals surface area contributed by atoms with Crippen molar-refractivity contribution in [2.75, 3.05) is 6.61 Å². The first-order valence-corrected chi connectivity index (χ1v) is 4.18. The fourth-order valence-corrected chi connectivity index (χ4v) is 0.913. The van der Waals surface area contributed by atoms with Crippen LogP contribution in [0.5, 0.6) is 0 Å². The molecular weight excluding hydrogens is 178 g/mol. The van der Waals surface area contributed by atoms with Crippen LogP contribution in [0.25, 0.3) is 6.08 Å². The first-order chi connectivity index (χ1) is 6.83. The van der Waals surface area contributed by atoms with E-state index in [2.05, 4.69) is 16.4 Å². The van der Waals surface area contributed by atoms with Crippen LogP contribution in [0, 0.1) is 0 Å². The summed E-state index contributed by atoms with van der Waals surface area (Å²) in [6.07, 6.45) is 2.97. The second kappa shape index (κ2) is 5.70. The molecule has 3 nitrogen and oxygen atoms in total. The van der Waals surface area contributed by atoms with Gasteiger partial charge in [0.05, 0.1) is 0 Å². The second-order valence-electron chi connectivity index (χ2n) is 2.55. The Bertz CT molecular complexity index is 330. The van der Waals surface area contributed by atoms with Gasteiger partial charge in [-0.25, -0.2) is 4.79 Å². The summed E-state index contributed by atoms with van der Waals surface area (Å²) in [6.45, 7) is 3.26. The van der Waals surface area contributed by atoms with Gasteiger partial charge >= 0.3 is 6.09 Å². The highest BCUT2D eigenvalue weighted by Crippen LogP contribution is 2.00. The average molecular weight is 189 g/mol. The summed E-state index contributed by atoms with van der Waals surface area (Å²) in [4.78, 5) is 13.6. The van der Waals surface area contributed by atoms with Crippen molar-refractivity contribution in [3.8, 4) is 0 Å². The van der Waals surface area contributed by atoms with E-state index in [1.54, 1.807) is 6.08 Å². The lowest BCUT2D eigenvalue weighted by Gasteiger charge is -1.94. The highest BCUT2D eigenvalue weighted by molar-refractivity contribution is 5.73. The van der Waals surface area contributed by atoms with Crippen LogP contribution in [-0.2, 0) is 4.74 Å². The standard InChI is InChI=1S/C11H11NO2/c1-12-11(13)14-9-5-8-10-6-3-2-4-7-10/h2-8H,1,9H2/b8-5+. The fourth-order valence-electron chi connectivity index (χ4n) is 0.913. The number of amides is 1. The summed E-state index contributed by atoms with van der Waals surface area (Å²) in [5.74, 6) is 0. The minimum atomic E-state index is -0.650. The Balaban J connectivity index is 2.35. The lowest BCUT2D eigenvalue weighted by molar-refractivity contribution is 0.170. The van der Waals surface area contributed by atoms with E-state index < -0.39 is 6.09 Å². The number of hydrogen-bond donors (Lipinski definition) is 0. The Hall–Kier alpha value is -1.90. The number of aliphatic imine (C=N–C) groups is 1. The molecule has 0 aliphatic carbocycles. The van der Waals surface area contributed by atoms with Gasteiger partial charge < -0.3 is 4.74 Å². The minimum absolute atomic E-state index is 0.215. The minimum Gasteiger partial charge on any atom is -0.444 e. The summed E-state index contributed by atoms with van der Waals surface area (Å²) in [5.41, 5.74) is 1.06. The predicted molar refractivity (Wildman–Crippen MR) is 56.4 cm³/mol. The largest absolute Gasteiger partial charge is 0.444 e. The van der Waals surface area contributed by atoms with E-state index in [1.807, 2.05) is 36.4 Å². The summed E-state index contributed by atoms with van der Waals surface area (Å²) in [7, 11) is 0. The van der Waals surface area contributed by atoms with Crippen LogP contribution >= 0.6 is 0 Å². The molecule has 72 valence electrons. The van der Waals surface area contributed by atoms with Crippen LogP contribution in [0.15, 0.2) is 41.4 Å². The van der Waals surface area contributed by atoms with Crippen molar-refractivity contribution in [2.45, 2.75) is 0 Å². The third kappa shape index (κ3) is 3.67. The first kappa shape index (κ1) is 10.2. The molecule has 0 atom stereocenters. The molecule has 3 heteroatoms. The third-order valence-electron chi connectivity index (χ3n) is 1.54. The molecule has 0 N–H and O–H groups in total. The number of nitrogens with zero attached hydrogens (tertiary/aromatic N) is 1. The number of rotatable bonds is 3. The van der Waals surface area contributed by atoms with E-state index in [0.29, 0.717) is 0 Å². The molecule has 1 rings (SSSR count). The molecule has 1 amide bonds. The molecule has 0 unspecified atom stereocenters. The van der Waals surface area contributed by atoms with Crippen molar-refractivity contribution in [3.63, 3.8) is 0 Å². The van der Waals surface area contributed by atoms with Gasteiger partial charge in [-0.2, -0.15) is 4.99 Å². The molecule has 1 aromatic carbocycles. The van der Waals surface area contributed by atoms with Gasteiger partial charge in [-0.15, -0.1) is 0 Å². The van der Waals surface area contributed by atoms with Gasteiger partial charge in [0.15, 0.2) is 0 Å². The molecule has 0 spiro atoms. The van der Waals surface area contributed by atoms with Gasteiger partial charge in [0.25, 0.3) is 0 Å². The molecule has 0 aromatic heterocycles. The fraction of sp³-hybridized carbons (Fsp3) is 0.0909. The number of hydrogen-bond acceptors (Lipinski definition) is 2. The highest BCUT2D eigenvalue weighted by Gasteiger charge is 1.91. The van der Waals surface area contributed by atoms with E-state index in [0.717, 1.165) is 5.56 Å². The maximum absolute atomic E-state index is 10.5. The molecule has 0 bridgehead atoms. The van der Waals surface area contributed by atoms with Crippen molar-refractivity contribution < 1.29 is 9.53 Å². The molecular formula is C11H11NO2. The van der Waals surface area contributed by atoms with Crippen LogP contribution in [0.3, 0.4) is 0 Å². The van der Waals surface area contributed by atoms with Crippen molar-refractivity contribution in [3.05, 3.63) is 42.0 Å². The van der Waals surface area contributed by atoms with Crippen LogP contribution < -0.4 is 0 Å². The van der Waals surface area contributed by atoms with Gasteiger partial charge in [-0.05, 0) is 18.4 Å². The summed E-state index contributed by atoms with van der Waals surface area (Å²) < 4.78 is 4.66. The summed E-state index contributed by atoms with van der Waals surface area (Å²) in [6, 6.07) is 9.75. The Morgan fingerprint density at radius 2 is 2.14 bits per heavy atom. The van der Waals surface area contributed by atoms with Crippen molar-refractivity contribution >= 4 is 18.9 Å². The number of ether oxygens (including phenoxy) is 1. The van der Waals surface area contributed by atoms with Gasteiger partial charge in [0.2, 0.25) is 0 Å². The SMILES string of the molecule is C=NC(=O)OC/C=C/c1ccccc1.